The number of nitrogens with one attached hydrogen (secondary N) is 2. The monoisotopic (exact) mass is 269 g/mol. The number of hydrogen-bond donors (Lipinski definition) is 2. The molecule has 1 saturated heterocycles. The zero-order valence-corrected chi connectivity index (χ0v) is 12.0. The van der Waals surface area contributed by atoms with Gasteiger partial charge in [-0.15, -0.1) is 0 Å². The molecule has 2 fully saturated rings. The van der Waals surface area contributed by atoms with Gasteiger partial charge >= 0.3 is 0 Å². The van der Waals surface area contributed by atoms with Crippen molar-refractivity contribution in [2.45, 2.75) is 50.4 Å². The molecular weight excluding hydrogens is 246 g/mol. The average Bonchev–Trinajstić information content (AvgIpc) is 3.16. The minimum atomic E-state index is 0.671. The van der Waals surface area contributed by atoms with Crippen LogP contribution in [0.3, 0.4) is 0 Å². The van der Waals surface area contributed by atoms with E-state index in [-0.39, 0.29) is 0 Å². The fourth-order valence-electron chi connectivity index (χ4n) is 3.85. The van der Waals surface area contributed by atoms with Crippen LogP contribution in [0.25, 0.3) is 11.0 Å². The Bertz CT molecular complexity index is 589. The Labute approximate surface area is 120 Å². The fourth-order valence-corrected chi connectivity index (χ4v) is 3.85. The highest BCUT2D eigenvalue weighted by molar-refractivity contribution is 5.76. The van der Waals surface area contributed by atoms with Gasteiger partial charge in [0, 0.05) is 5.92 Å². The summed E-state index contributed by atoms with van der Waals surface area (Å²) in [6, 6.07) is 6.84. The van der Waals surface area contributed by atoms with Gasteiger partial charge in [0.15, 0.2) is 0 Å². The molecular formula is C17H23N3. The van der Waals surface area contributed by atoms with Gasteiger partial charge < -0.3 is 10.3 Å². The van der Waals surface area contributed by atoms with Crippen molar-refractivity contribution in [3.05, 3.63) is 29.6 Å². The number of aromatic amines is 1. The highest BCUT2D eigenvalue weighted by Gasteiger charge is 2.21. The molecule has 2 heterocycles. The van der Waals surface area contributed by atoms with Gasteiger partial charge in [0.25, 0.3) is 0 Å². The van der Waals surface area contributed by atoms with Gasteiger partial charge in [0.2, 0.25) is 0 Å². The summed E-state index contributed by atoms with van der Waals surface area (Å²) >= 11 is 0. The third kappa shape index (κ3) is 2.24. The smallest absolute Gasteiger partial charge is 0.110 e. The van der Waals surface area contributed by atoms with E-state index in [0.29, 0.717) is 5.92 Å². The lowest BCUT2D eigenvalue weighted by molar-refractivity contribution is 0.460. The summed E-state index contributed by atoms with van der Waals surface area (Å²) in [7, 11) is 0. The van der Waals surface area contributed by atoms with E-state index < -0.39 is 0 Å². The molecule has 2 N–H and O–H groups in total. The van der Waals surface area contributed by atoms with Crippen LogP contribution in [0.2, 0.25) is 0 Å². The number of benzene rings is 1. The van der Waals surface area contributed by atoms with Crippen LogP contribution in [0.5, 0.6) is 0 Å². The maximum absolute atomic E-state index is 4.81. The molecule has 0 amide bonds. The summed E-state index contributed by atoms with van der Waals surface area (Å²) in [6.07, 6.45) is 7.86. The van der Waals surface area contributed by atoms with E-state index in [0.717, 1.165) is 24.5 Å². The first-order chi connectivity index (χ1) is 9.90. The van der Waals surface area contributed by atoms with E-state index >= 15 is 0 Å². The van der Waals surface area contributed by atoms with Crippen LogP contribution >= 0.6 is 0 Å². The topological polar surface area (TPSA) is 40.7 Å². The van der Waals surface area contributed by atoms with Crippen LogP contribution in [0.15, 0.2) is 18.2 Å². The minimum absolute atomic E-state index is 0.671. The molecule has 1 saturated carbocycles. The van der Waals surface area contributed by atoms with Gasteiger partial charge in [-0.05, 0) is 62.4 Å². The highest BCUT2D eigenvalue weighted by Crippen LogP contribution is 2.34. The van der Waals surface area contributed by atoms with Crippen LogP contribution in [0.1, 0.15) is 61.7 Å². The Balaban J connectivity index is 1.64. The molecule has 0 atom stereocenters. The third-order valence-electron chi connectivity index (χ3n) is 5.08. The molecule has 20 heavy (non-hydrogen) atoms. The van der Waals surface area contributed by atoms with E-state index in [4.69, 9.17) is 4.98 Å². The Morgan fingerprint density at radius 1 is 0.950 bits per heavy atom. The molecule has 0 bridgehead atoms. The highest BCUT2D eigenvalue weighted by atomic mass is 14.9. The predicted octanol–water partition coefficient (Wildman–Crippen LogP) is 3.69. The van der Waals surface area contributed by atoms with Crippen molar-refractivity contribution >= 4 is 11.0 Å². The van der Waals surface area contributed by atoms with Crippen molar-refractivity contribution < 1.29 is 0 Å². The molecule has 3 heteroatoms. The molecule has 1 aliphatic carbocycles. The molecule has 0 unspecified atom stereocenters. The number of imidazole rings is 1. The molecule has 1 aromatic heterocycles. The Morgan fingerprint density at radius 2 is 1.75 bits per heavy atom. The summed E-state index contributed by atoms with van der Waals surface area (Å²) in [5.41, 5.74) is 3.87. The molecule has 1 aromatic carbocycles. The van der Waals surface area contributed by atoms with Crippen LogP contribution in [-0.2, 0) is 0 Å². The molecule has 4 rings (SSSR count). The van der Waals surface area contributed by atoms with Crippen molar-refractivity contribution in [1.29, 1.82) is 0 Å². The number of H-pyrrole nitrogens is 1. The fraction of sp³-hybridized carbons (Fsp3) is 0.588. The van der Waals surface area contributed by atoms with E-state index in [1.54, 1.807) is 0 Å². The van der Waals surface area contributed by atoms with Crippen LogP contribution < -0.4 is 5.32 Å². The maximum atomic E-state index is 4.81. The van der Waals surface area contributed by atoms with E-state index in [2.05, 4.69) is 28.5 Å². The largest absolute Gasteiger partial charge is 0.342 e. The molecule has 3 nitrogen and oxygen atoms in total. The van der Waals surface area contributed by atoms with E-state index in [1.165, 1.54) is 55.4 Å². The molecule has 1 aliphatic heterocycles. The number of fused-ring (bicyclic) bond motifs is 1. The van der Waals surface area contributed by atoms with Crippen LogP contribution in [0.4, 0.5) is 0 Å². The maximum Gasteiger partial charge on any atom is 0.110 e. The third-order valence-corrected chi connectivity index (χ3v) is 5.08. The van der Waals surface area contributed by atoms with Crippen LogP contribution in [-0.4, -0.2) is 23.1 Å². The summed E-state index contributed by atoms with van der Waals surface area (Å²) in [5, 5.41) is 3.44. The molecule has 2 aromatic rings. The van der Waals surface area contributed by atoms with E-state index in [1.807, 2.05) is 0 Å². The van der Waals surface area contributed by atoms with Crippen molar-refractivity contribution in [1.82, 2.24) is 15.3 Å². The molecule has 2 aliphatic rings. The van der Waals surface area contributed by atoms with Gasteiger partial charge in [-0.2, -0.15) is 0 Å². The lowest BCUT2D eigenvalue weighted by atomic mass is 9.90. The standard InChI is InChI=1S/C17H23N3/c1-2-4-13(3-1)17-19-15-6-5-14(11-16(15)20-17)12-7-9-18-10-8-12/h5-6,11-13,18H,1-4,7-10H2,(H,19,20). The summed E-state index contributed by atoms with van der Waals surface area (Å²) in [4.78, 5) is 8.40. The first kappa shape index (κ1) is 12.4. The zero-order chi connectivity index (χ0) is 13.4. The lowest BCUT2D eigenvalue weighted by Crippen LogP contribution is -2.26. The quantitative estimate of drug-likeness (QED) is 0.873. The average molecular weight is 269 g/mol. The van der Waals surface area contributed by atoms with Crippen LogP contribution in [0, 0.1) is 0 Å². The molecule has 0 radical (unpaired) electrons. The minimum Gasteiger partial charge on any atom is -0.342 e. The Kier molecular flexibility index (Phi) is 3.23. The van der Waals surface area contributed by atoms with E-state index in [9.17, 15) is 0 Å². The van der Waals surface area contributed by atoms with Gasteiger partial charge in [-0.25, -0.2) is 4.98 Å². The number of nitrogens with zero attached hydrogens (tertiary/aromatic N) is 1. The van der Waals surface area contributed by atoms with Gasteiger partial charge in [0.1, 0.15) is 5.82 Å². The Hall–Kier alpha value is -1.35. The van der Waals surface area contributed by atoms with Crippen molar-refractivity contribution in [3.8, 4) is 0 Å². The number of aromatic nitrogens is 2. The van der Waals surface area contributed by atoms with Gasteiger partial charge in [-0.1, -0.05) is 18.9 Å². The number of hydrogen-bond acceptors (Lipinski definition) is 2. The van der Waals surface area contributed by atoms with Crippen molar-refractivity contribution in [2.75, 3.05) is 13.1 Å². The molecule has 0 spiro atoms. The second-order valence-corrected chi connectivity index (χ2v) is 6.40. The Morgan fingerprint density at radius 3 is 2.55 bits per heavy atom. The second kappa shape index (κ2) is 5.21. The van der Waals surface area contributed by atoms with Gasteiger partial charge in [0.05, 0.1) is 11.0 Å². The number of rotatable bonds is 2. The SMILES string of the molecule is c1cc2nc(C3CCCC3)[nH]c2cc1C1CCNCC1. The first-order valence-electron chi connectivity index (χ1n) is 8.10. The van der Waals surface area contributed by atoms with Crippen molar-refractivity contribution in [3.63, 3.8) is 0 Å². The molecule has 106 valence electrons. The summed E-state index contributed by atoms with van der Waals surface area (Å²) < 4.78 is 0. The normalized spacial score (nSPS) is 21.8. The summed E-state index contributed by atoms with van der Waals surface area (Å²) in [6.45, 7) is 2.30. The van der Waals surface area contributed by atoms with Gasteiger partial charge in [-0.3, -0.25) is 0 Å². The zero-order valence-electron chi connectivity index (χ0n) is 12.0. The number of piperidine rings is 1. The predicted molar refractivity (Wildman–Crippen MR) is 82.1 cm³/mol. The lowest BCUT2D eigenvalue weighted by Gasteiger charge is -2.22. The first-order valence-corrected chi connectivity index (χ1v) is 8.10. The second-order valence-electron chi connectivity index (χ2n) is 6.40. The van der Waals surface area contributed by atoms with Crippen molar-refractivity contribution in [2.24, 2.45) is 0 Å². The summed E-state index contributed by atoms with van der Waals surface area (Å²) in [5.74, 6) is 2.61.